The van der Waals surface area contributed by atoms with E-state index in [1.54, 1.807) is 19.0 Å². The highest BCUT2D eigenvalue weighted by Crippen LogP contribution is 2.30. The number of carbonyl (C=O) groups excluding carboxylic acids is 1. The van der Waals surface area contributed by atoms with Crippen molar-refractivity contribution < 1.29 is 31.1 Å². The van der Waals surface area contributed by atoms with E-state index in [-0.39, 0.29) is 18.7 Å². The summed E-state index contributed by atoms with van der Waals surface area (Å²) in [6.45, 7) is 0.0551. The maximum Gasteiger partial charge on any atom is 0.435 e. The third-order valence-corrected chi connectivity index (χ3v) is 4.03. The lowest BCUT2D eigenvalue weighted by molar-refractivity contribution is -0.142. The Bertz CT molecular complexity index is 828. The van der Waals surface area contributed by atoms with E-state index in [9.17, 15) is 31.1 Å². The Balaban J connectivity index is 2.17. The van der Waals surface area contributed by atoms with Gasteiger partial charge < -0.3 is 9.80 Å². The van der Waals surface area contributed by atoms with E-state index >= 15 is 0 Å². The maximum atomic E-state index is 12.9. The Morgan fingerprint density at radius 2 is 1.72 bits per heavy atom. The number of amides is 1. The SMILES string of the molecule is CN(C)CCN(Cc1cccc(C(F)(F)F)c1)C(=O)Cn1ccc(C(F)(F)F)n1. The molecule has 0 saturated heterocycles. The molecule has 0 saturated carbocycles. The van der Waals surface area contributed by atoms with Crippen LogP contribution in [-0.4, -0.2) is 52.7 Å². The van der Waals surface area contributed by atoms with Crippen molar-refractivity contribution in [3.8, 4) is 0 Å². The number of benzene rings is 1. The van der Waals surface area contributed by atoms with Gasteiger partial charge in [0.25, 0.3) is 0 Å². The third kappa shape index (κ3) is 6.77. The second-order valence-corrected chi connectivity index (χ2v) is 6.71. The molecule has 11 heteroatoms. The van der Waals surface area contributed by atoms with Gasteiger partial charge in [0, 0.05) is 25.8 Å². The molecule has 2 rings (SSSR count). The monoisotopic (exact) mass is 422 g/mol. The van der Waals surface area contributed by atoms with Gasteiger partial charge in [0.15, 0.2) is 5.69 Å². The Hall–Kier alpha value is -2.56. The van der Waals surface area contributed by atoms with E-state index < -0.39 is 36.1 Å². The van der Waals surface area contributed by atoms with Gasteiger partial charge in [-0.25, -0.2) is 0 Å². The summed E-state index contributed by atoms with van der Waals surface area (Å²) in [6, 6.07) is 5.34. The van der Waals surface area contributed by atoms with Gasteiger partial charge in [-0.2, -0.15) is 31.4 Å². The Labute approximate surface area is 163 Å². The molecule has 0 aliphatic carbocycles. The molecule has 1 amide bonds. The number of likely N-dealkylation sites (N-methyl/N-ethyl adjacent to an activating group) is 1. The second kappa shape index (κ2) is 8.85. The summed E-state index contributed by atoms with van der Waals surface area (Å²) in [5.74, 6) is -0.555. The summed E-state index contributed by atoms with van der Waals surface area (Å²) in [6.07, 6.45) is -8.11. The van der Waals surface area contributed by atoms with Crippen LogP contribution in [0, 0.1) is 0 Å². The predicted octanol–water partition coefficient (Wildman–Crippen LogP) is 3.51. The van der Waals surface area contributed by atoms with Gasteiger partial charge in [0.1, 0.15) is 6.54 Å². The number of alkyl halides is 6. The first kappa shape index (κ1) is 22.7. The Morgan fingerprint density at radius 1 is 1.03 bits per heavy atom. The first-order chi connectivity index (χ1) is 13.4. The van der Waals surface area contributed by atoms with Crippen molar-refractivity contribution in [2.45, 2.75) is 25.4 Å². The highest BCUT2D eigenvalue weighted by molar-refractivity contribution is 5.76. The molecule has 0 N–H and O–H groups in total. The second-order valence-electron chi connectivity index (χ2n) is 6.71. The van der Waals surface area contributed by atoms with Gasteiger partial charge in [-0.1, -0.05) is 12.1 Å². The molecule has 2 aromatic rings. The first-order valence-corrected chi connectivity index (χ1v) is 8.55. The summed E-state index contributed by atoms with van der Waals surface area (Å²) in [4.78, 5) is 15.7. The van der Waals surface area contributed by atoms with Crippen LogP contribution in [0.2, 0.25) is 0 Å². The van der Waals surface area contributed by atoms with E-state index in [1.807, 2.05) is 0 Å². The van der Waals surface area contributed by atoms with Crippen molar-refractivity contribution in [2.75, 3.05) is 27.2 Å². The molecule has 0 atom stereocenters. The molecular weight excluding hydrogens is 402 g/mol. The first-order valence-electron chi connectivity index (χ1n) is 8.55. The zero-order chi connectivity index (χ0) is 21.8. The highest BCUT2D eigenvalue weighted by atomic mass is 19.4. The van der Waals surface area contributed by atoms with Crippen LogP contribution < -0.4 is 0 Å². The minimum absolute atomic E-state index is 0.107. The molecule has 1 aromatic heterocycles. The van der Waals surface area contributed by atoms with Crippen molar-refractivity contribution >= 4 is 5.91 Å². The van der Waals surface area contributed by atoms with Crippen LogP contribution >= 0.6 is 0 Å². The summed E-state index contributed by atoms with van der Waals surface area (Å²) in [5, 5.41) is 3.34. The topological polar surface area (TPSA) is 41.4 Å². The van der Waals surface area contributed by atoms with Crippen LogP contribution in [0.5, 0.6) is 0 Å². The average Bonchev–Trinajstić information content (AvgIpc) is 3.06. The molecule has 0 spiro atoms. The van der Waals surface area contributed by atoms with Crippen molar-refractivity contribution in [1.82, 2.24) is 19.6 Å². The van der Waals surface area contributed by atoms with Crippen molar-refractivity contribution in [3.05, 3.63) is 53.3 Å². The van der Waals surface area contributed by atoms with Crippen LogP contribution in [0.15, 0.2) is 36.5 Å². The fourth-order valence-corrected chi connectivity index (χ4v) is 2.52. The minimum Gasteiger partial charge on any atom is -0.335 e. The molecule has 0 fully saturated rings. The fourth-order valence-electron chi connectivity index (χ4n) is 2.52. The molecule has 0 radical (unpaired) electrons. The molecule has 29 heavy (non-hydrogen) atoms. The van der Waals surface area contributed by atoms with Crippen LogP contribution in [0.25, 0.3) is 0 Å². The largest absolute Gasteiger partial charge is 0.435 e. The van der Waals surface area contributed by atoms with E-state index in [4.69, 9.17) is 0 Å². The highest BCUT2D eigenvalue weighted by Gasteiger charge is 2.34. The number of carbonyl (C=O) groups is 1. The lowest BCUT2D eigenvalue weighted by Crippen LogP contribution is -2.38. The molecule has 0 aliphatic rings. The van der Waals surface area contributed by atoms with Gasteiger partial charge >= 0.3 is 12.4 Å². The van der Waals surface area contributed by atoms with Gasteiger partial charge in [0.05, 0.1) is 5.56 Å². The Morgan fingerprint density at radius 3 is 2.28 bits per heavy atom. The van der Waals surface area contributed by atoms with Gasteiger partial charge in [-0.15, -0.1) is 0 Å². The molecule has 5 nitrogen and oxygen atoms in total. The summed E-state index contributed by atoms with van der Waals surface area (Å²) < 4.78 is 77.6. The van der Waals surface area contributed by atoms with Crippen molar-refractivity contribution in [2.24, 2.45) is 0 Å². The summed E-state index contributed by atoms with van der Waals surface area (Å²) >= 11 is 0. The number of rotatable bonds is 7. The van der Waals surface area contributed by atoms with Crippen molar-refractivity contribution in [1.29, 1.82) is 0 Å². The number of aromatic nitrogens is 2. The number of hydrogen-bond acceptors (Lipinski definition) is 3. The quantitative estimate of drug-likeness (QED) is 0.642. The van der Waals surface area contributed by atoms with Crippen LogP contribution in [0.3, 0.4) is 0 Å². The molecule has 0 bridgehead atoms. The van der Waals surface area contributed by atoms with Crippen LogP contribution in [0.1, 0.15) is 16.8 Å². The molecule has 0 aliphatic heterocycles. The van der Waals surface area contributed by atoms with Gasteiger partial charge in [-0.3, -0.25) is 9.48 Å². The van der Waals surface area contributed by atoms with Crippen LogP contribution in [0.4, 0.5) is 26.3 Å². The van der Waals surface area contributed by atoms with Crippen molar-refractivity contribution in [3.63, 3.8) is 0 Å². The van der Waals surface area contributed by atoms with E-state index in [0.29, 0.717) is 6.54 Å². The fraction of sp³-hybridized carbons (Fsp3) is 0.444. The molecule has 1 aromatic carbocycles. The van der Waals surface area contributed by atoms with Gasteiger partial charge in [0.2, 0.25) is 5.91 Å². The number of hydrogen-bond donors (Lipinski definition) is 0. The van der Waals surface area contributed by atoms with E-state index in [0.717, 1.165) is 29.1 Å². The molecule has 0 unspecified atom stereocenters. The normalized spacial score (nSPS) is 12.4. The zero-order valence-electron chi connectivity index (χ0n) is 15.8. The average molecular weight is 422 g/mol. The lowest BCUT2D eigenvalue weighted by Gasteiger charge is -2.25. The summed E-state index contributed by atoms with van der Waals surface area (Å²) in [7, 11) is 3.52. The minimum atomic E-state index is -4.63. The zero-order valence-corrected chi connectivity index (χ0v) is 15.8. The number of nitrogens with zero attached hydrogens (tertiary/aromatic N) is 4. The molecular formula is C18H20F6N4O. The van der Waals surface area contributed by atoms with E-state index in [1.165, 1.54) is 17.0 Å². The maximum absolute atomic E-state index is 12.9. The summed E-state index contributed by atoms with van der Waals surface area (Å²) in [5.41, 5.74) is -1.69. The predicted molar refractivity (Wildman–Crippen MR) is 92.6 cm³/mol. The van der Waals surface area contributed by atoms with E-state index in [2.05, 4.69) is 5.10 Å². The van der Waals surface area contributed by atoms with Gasteiger partial charge in [-0.05, 0) is 37.9 Å². The standard InChI is InChI=1S/C18H20F6N4O/c1-26(2)8-9-27(11-13-4-3-5-14(10-13)17(19,20)21)16(29)12-28-7-6-15(25-28)18(22,23)24/h3-7,10H,8-9,11-12H2,1-2H3. The molecule has 160 valence electrons. The molecule has 1 heterocycles. The Kier molecular flexibility index (Phi) is 6.93. The lowest BCUT2D eigenvalue weighted by atomic mass is 10.1. The third-order valence-electron chi connectivity index (χ3n) is 4.03. The number of halogens is 6. The van der Waals surface area contributed by atoms with Crippen LogP contribution in [-0.2, 0) is 30.2 Å². The smallest absolute Gasteiger partial charge is 0.335 e.